The molecule has 4 rings (SSSR count). The Morgan fingerprint density at radius 2 is 1.85 bits per heavy atom. The van der Waals surface area contributed by atoms with Crippen LogP contribution in [0.3, 0.4) is 0 Å². The Balaban J connectivity index is 1.79. The van der Waals surface area contributed by atoms with Gasteiger partial charge in [-0.25, -0.2) is 0 Å². The van der Waals surface area contributed by atoms with E-state index in [0.717, 1.165) is 24.8 Å². The maximum atomic E-state index is 13.1. The number of hydrogen-bond acceptors (Lipinski definition) is 4. The van der Waals surface area contributed by atoms with Gasteiger partial charge in [-0.3, -0.25) is 9.59 Å². The van der Waals surface area contributed by atoms with E-state index in [4.69, 9.17) is 4.74 Å². The molecule has 1 N–H and O–H groups in total. The molecule has 1 aliphatic heterocycles. The number of ether oxygens (including phenoxy) is 1. The summed E-state index contributed by atoms with van der Waals surface area (Å²) < 4.78 is 5.89. The van der Waals surface area contributed by atoms with Gasteiger partial charge in [0.25, 0.3) is 11.7 Å². The number of likely N-dealkylation sites (tertiary alicyclic amines) is 1. The summed E-state index contributed by atoms with van der Waals surface area (Å²) in [5.74, 6) is -0.216. The zero-order valence-electron chi connectivity index (χ0n) is 19.8. The third kappa shape index (κ3) is 4.68. The molecule has 1 heterocycles. The van der Waals surface area contributed by atoms with Gasteiger partial charge in [-0.1, -0.05) is 45.0 Å². The molecule has 2 aliphatic rings. The molecule has 2 aromatic carbocycles. The van der Waals surface area contributed by atoms with Crippen molar-refractivity contribution in [1.82, 2.24) is 4.90 Å². The highest BCUT2D eigenvalue weighted by Gasteiger charge is 2.45. The Hall–Kier alpha value is -3.08. The molecular formula is C28H33NO4. The summed E-state index contributed by atoms with van der Waals surface area (Å²) >= 11 is 0. The lowest BCUT2D eigenvalue weighted by Crippen LogP contribution is -2.30. The van der Waals surface area contributed by atoms with Gasteiger partial charge in [0.05, 0.1) is 18.2 Å². The molecule has 1 atom stereocenters. The fourth-order valence-corrected chi connectivity index (χ4v) is 4.77. The molecule has 1 unspecified atom stereocenters. The molecule has 1 saturated heterocycles. The number of Topliss-reactive ketones (excluding diaryl/α,β-unsaturated/α-hetero) is 1. The molecule has 5 heteroatoms. The van der Waals surface area contributed by atoms with E-state index in [1.54, 1.807) is 4.90 Å². The molecule has 0 aromatic heterocycles. The van der Waals surface area contributed by atoms with E-state index in [0.29, 0.717) is 36.8 Å². The Labute approximate surface area is 196 Å². The standard InChI is InChI=1S/C28H33NO4/c1-4-14-29-25(21-10-7-11-23(16-21)33-17-18(2)3)24(27(31)28(29)32)26(30)22-13-12-19-8-5-6-9-20(19)15-22/h7,10-13,15-16,18,25,30H,4-6,8-9,14,17H2,1-3H3/b26-24-. The average molecular weight is 448 g/mol. The molecule has 0 radical (unpaired) electrons. The van der Waals surface area contributed by atoms with Gasteiger partial charge in [-0.05, 0) is 72.9 Å². The van der Waals surface area contributed by atoms with Crippen molar-refractivity contribution in [3.8, 4) is 5.75 Å². The topological polar surface area (TPSA) is 66.8 Å². The van der Waals surface area contributed by atoms with Gasteiger partial charge in [0, 0.05) is 12.1 Å². The fourth-order valence-electron chi connectivity index (χ4n) is 4.77. The van der Waals surface area contributed by atoms with E-state index in [2.05, 4.69) is 13.8 Å². The lowest BCUT2D eigenvalue weighted by Gasteiger charge is -2.25. The number of nitrogens with zero attached hydrogens (tertiary/aromatic N) is 1. The second-order valence-corrected chi connectivity index (χ2v) is 9.46. The van der Waals surface area contributed by atoms with Crippen LogP contribution in [0.25, 0.3) is 5.76 Å². The van der Waals surface area contributed by atoms with Crippen molar-refractivity contribution >= 4 is 17.4 Å². The summed E-state index contributed by atoms with van der Waals surface area (Å²) in [6.07, 6.45) is 5.03. The molecule has 0 spiro atoms. The Bertz CT molecular complexity index is 1090. The van der Waals surface area contributed by atoms with Gasteiger partial charge < -0.3 is 14.7 Å². The smallest absolute Gasteiger partial charge is 0.295 e. The number of carbonyl (C=O) groups excluding carboxylic acids is 2. The van der Waals surface area contributed by atoms with Crippen molar-refractivity contribution in [2.45, 2.75) is 58.9 Å². The second kappa shape index (κ2) is 9.82. The highest BCUT2D eigenvalue weighted by atomic mass is 16.5. The summed E-state index contributed by atoms with van der Waals surface area (Å²) in [7, 11) is 0. The minimum absolute atomic E-state index is 0.0983. The Morgan fingerprint density at radius 1 is 1.09 bits per heavy atom. The number of amides is 1. The molecule has 5 nitrogen and oxygen atoms in total. The van der Waals surface area contributed by atoms with Crippen molar-refractivity contribution in [3.63, 3.8) is 0 Å². The summed E-state index contributed by atoms with van der Waals surface area (Å²) in [5.41, 5.74) is 4.04. The first-order chi connectivity index (χ1) is 15.9. The van der Waals surface area contributed by atoms with E-state index in [9.17, 15) is 14.7 Å². The zero-order valence-corrected chi connectivity index (χ0v) is 19.8. The van der Waals surface area contributed by atoms with Crippen molar-refractivity contribution in [2.75, 3.05) is 13.2 Å². The zero-order chi connectivity index (χ0) is 23.5. The summed E-state index contributed by atoms with van der Waals surface area (Å²) in [5, 5.41) is 11.3. The van der Waals surface area contributed by atoms with Gasteiger partial charge in [0.2, 0.25) is 0 Å². The molecule has 1 aliphatic carbocycles. The molecule has 2 aromatic rings. The van der Waals surface area contributed by atoms with Crippen LogP contribution in [0.4, 0.5) is 0 Å². The van der Waals surface area contributed by atoms with Crippen LogP contribution in [0.15, 0.2) is 48.0 Å². The van der Waals surface area contributed by atoms with E-state index in [1.165, 1.54) is 17.5 Å². The van der Waals surface area contributed by atoms with Crippen LogP contribution in [0, 0.1) is 5.92 Å². The number of aliphatic hydroxyl groups excluding tert-OH is 1. The number of aryl methyl sites for hydroxylation is 2. The number of hydrogen-bond donors (Lipinski definition) is 1. The van der Waals surface area contributed by atoms with Gasteiger partial charge in [0.15, 0.2) is 0 Å². The lowest BCUT2D eigenvalue weighted by molar-refractivity contribution is -0.139. The SMILES string of the molecule is CCCN1C(=O)C(=O)/C(=C(\O)c2ccc3c(c2)CCCC3)C1c1cccc(OCC(C)C)c1. The van der Waals surface area contributed by atoms with Crippen LogP contribution in [-0.2, 0) is 22.4 Å². The Kier molecular flexibility index (Phi) is 6.87. The predicted molar refractivity (Wildman–Crippen MR) is 129 cm³/mol. The van der Waals surface area contributed by atoms with E-state index in [1.807, 2.05) is 49.4 Å². The van der Waals surface area contributed by atoms with Crippen LogP contribution >= 0.6 is 0 Å². The first kappa shape index (κ1) is 23.1. The fraction of sp³-hybridized carbons (Fsp3) is 0.429. The summed E-state index contributed by atoms with van der Waals surface area (Å²) in [6, 6.07) is 12.8. The van der Waals surface area contributed by atoms with Gasteiger partial charge in [-0.2, -0.15) is 0 Å². The number of fused-ring (bicyclic) bond motifs is 1. The third-order valence-electron chi connectivity index (χ3n) is 6.38. The number of rotatable bonds is 7. The van der Waals surface area contributed by atoms with E-state index < -0.39 is 17.7 Å². The summed E-state index contributed by atoms with van der Waals surface area (Å²) in [6.45, 7) is 7.15. The van der Waals surface area contributed by atoms with Crippen LogP contribution in [-0.4, -0.2) is 34.8 Å². The first-order valence-corrected chi connectivity index (χ1v) is 12.0. The van der Waals surface area contributed by atoms with Crippen molar-refractivity contribution in [1.29, 1.82) is 0 Å². The average Bonchev–Trinajstić information content (AvgIpc) is 3.07. The van der Waals surface area contributed by atoms with Crippen LogP contribution in [0.5, 0.6) is 5.75 Å². The predicted octanol–water partition coefficient (Wildman–Crippen LogP) is 5.43. The quantitative estimate of drug-likeness (QED) is 0.349. The molecular weight excluding hydrogens is 414 g/mol. The second-order valence-electron chi connectivity index (χ2n) is 9.46. The van der Waals surface area contributed by atoms with Crippen LogP contribution < -0.4 is 4.74 Å². The maximum absolute atomic E-state index is 13.1. The molecule has 33 heavy (non-hydrogen) atoms. The molecule has 174 valence electrons. The minimum atomic E-state index is -0.636. The van der Waals surface area contributed by atoms with Crippen LogP contribution in [0.1, 0.15) is 68.3 Å². The molecule has 1 fully saturated rings. The number of ketones is 1. The lowest BCUT2D eigenvalue weighted by atomic mass is 9.88. The van der Waals surface area contributed by atoms with E-state index >= 15 is 0 Å². The minimum Gasteiger partial charge on any atom is -0.507 e. The number of aliphatic hydroxyl groups is 1. The van der Waals surface area contributed by atoms with Crippen molar-refractivity contribution in [3.05, 3.63) is 70.3 Å². The summed E-state index contributed by atoms with van der Waals surface area (Å²) in [4.78, 5) is 27.7. The van der Waals surface area contributed by atoms with Crippen molar-refractivity contribution in [2.24, 2.45) is 5.92 Å². The monoisotopic (exact) mass is 447 g/mol. The first-order valence-electron chi connectivity index (χ1n) is 12.0. The largest absolute Gasteiger partial charge is 0.507 e. The highest BCUT2D eigenvalue weighted by molar-refractivity contribution is 6.46. The highest BCUT2D eigenvalue weighted by Crippen LogP contribution is 2.40. The van der Waals surface area contributed by atoms with Gasteiger partial charge in [0.1, 0.15) is 11.5 Å². The van der Waals surface area contributed by atoms with Crippen molar-refractivity contribution < 1.29 is 19.4 Å². The molecule has 0 bridgehead atoms. The van der Waals surface area contributed by atoms with Gasteiger partial charge in [-0.15, -0.1) is 0 Å². The molecule has 1 amide bonds. The van der Waals surface area contributed by atoms with Gasteiger partial charge >= 0.3 is 0 Å². The number of carbonyl (C=O) groups is 2. The number of benzene rings is 2. The third-order valence-corrected chi connectivity index (χ3v) is 6.38. The maximum Gasteiger partial charge on any atom is 0.295 e. The normalized spacial score (nSPS) is 19.8. The van der Waals surface area contributed by atoms with Crippen LogP contribution in [0.2, 0.25) is 0 Å². The molecule has 0 saturated carbocycles. The van der Waals surface area contributed by atoms with E-state index in [-0.39, 0.29) is 11.3 Å². The Morgan fingerprint density at radius 3 is 2.58 bits per heavy atom.